The van der Waals surface area contributed by atoms with E-state index in [2.05, 4.69) is 19.2 Å². The summed E-state index contributed by atoms with van der Waals surface area (Å²) in [6.45, 7) is 4.25. The van der Waals surface area contributed by atoms with Gasteiger partial charge in [-0.2, -0.15) is 0 Å². The lowest BCUT2D eigenvalue weighted by atomic mass is 10.0. The standard InChI is InChI=1S/C16H25NO3/c1-5-12(2)17-14(11-16(18)20-4)10-13-6-8-15(19-3)9-7-13/h6-9,12,14,17H,5,10-11H2,1-4H3. The summed E-state index contributed by atoms with van der Waals surface area (Å²) < 4.78 is 9.92. The van der Waals surface area contributed by atoms with E-state index in [1.54, 1.807) is 7.11 Å². The molecule has 2 unspecified atom stereocenters. The Kier molecular flexibility index (Phi) is 7.09. The molecule has 0 fully saturated rings. The summed E-state index contributed by atoms with van der Waals surface area (Å²) in [5, 5.41) is 3.48. The number of methoxy groups -OCH3 is 2. The number of esters is 1. The van der Waals surface area contributed by atoms with E-state index in [4.69, 9.17) is 9.47 Å². The first-order chi connectivity index (χ1) is 9.58. The van der Waals surface area contributed by atoms with Crippen molar-refractivity contribution in [3.8, 4) is 5.75 Å². The quantitative estimate of drug-likeness (QED) is 0.743. The maximum Gasteiger partial charge on any atom is 0.307 e. The van der Waals surface area contributed by atoms with Crippen LogP contribution < -0.4 is 10.1 Å². The molecule has 1 rings (SSSR count). The third kappa shape index (κ3) is 5.61. The number of carbonyl (C=O) groups is 1. The Morgan fingerprint density at radius 3 is 2.40 bits per heavy atom. The van der Waals surface area contributed by atoms with E-state index < -0.39 is 0 Å². The first-order valence-corrected chi connectivity index (χ1v) is 7.04. The van der Waals surface area contributed by atoms with Gasteiger partial charge in [-0.25, -0.2) is 0 Å². The molecule has 0 aliphatic carbocycles. The van der Waals surface area contributed by atoms with Crippen molar-refractivity contribution in [3.05, 3.63) is 29.8 Å². The molecule has 1 N–H and O–H groups in total. The van der Waals surface area contributed by atoms with Gasteiger partial charge < -0.3 is 14.8 Å². The van der Waals surface area contributed by atoms with Gasteiger partial charge in [-0.1, -0.05) is 19.1 Å². The van der Waals surface area contributed by atoms with Crippen molar-refractivity contribution in [3.63, 3.8) is 0 Å². The van der Waals surface area contributed by atoms with E-state index in [1.807, 2.05) is 24.3 Å². The van der Waals surface area contributed by atoms with E-state index in [9.17, 15) is 4.79 Å². The molecule has 20 heavy (non-hydrogen) atoms. The van der Waals surface area contributed by atoms with Gasteiger partial charge >= 0.3 is 5.97 Å². The molecular formula is C16H25NO3. The molecular weight excluding hydrogens is 254 g/mol. The van der Waals surface area contributed by atoms with Crippen LogP contribution in [0, 0.1) is 0 Å². The van der Waals surface area contributed by atoms with Crippen molar-refractivity contribution < 1.29 is 14.3 Å². The monoisotopic (exact) mass is 279 g/mol. The van der Waals surface area contributed by atoms with Crippen LogP contribution in [0.1, 0.15) is 32.3 Å². The van der Waals surface area contributed by atoms with E-state index in [-0.39, 0.29) is 12.0 Å². The van der Waals surface area contributed by atoms with Crippen LogP contribution in [0.5, 0.6) is 5.75 Å². The van der Waals surface area contributed by atoms with Crippen molar-refractivity contribution in [1.82, 2.24) is 5.32 Å². The minimum absolute atomic E-state index is 0.0887. The molecule has 0 bridgehead atoms. The molecule has 0 aromatic heterocycles. The van der Waals surface area contributed by atoms with Gasteiger partial charge in [0, 0.05) is 12.1 Å². The fourth-order valence-corrected chi connectivity index (χ4v) is 2.04. The number of carbonyl (C=O) groups excluding carboxylic acids is 1. The molecule has 0 saturated carbocycles. The molecule has 1 aromatic rings. The van der Waals surface area contributed by atoms with Gasteiger partial charge in [0.05, 0.1) is 20.6 Å². The summed E-state index contributed by atoms with van der Waals surface area (Å²) in [5.41, 5.74) is 1.18. The molecule has 2 atom stereocenters. The molecule has 1 aromatic carbocycles. The Hall–Kier alpha value is -1.55. The third-order valence-electron chi connectivity index (χ3n) is 3.41. The third-order valence-corrected chi connectivity index (χ3v) is 3.41. The first-order valence-electron chi connectivity index (χ1n) is 7.04. The van der Waals surface area contributed by atoms with Gasteiger partial charge in [0.25, 0.3) is 0 Å². The molecule has 0 amide bonds. The Balaban J connectivity index is 2.68. The highest BCUT2D eigenvalue weighted by atomic mass is 16.5. The predicted molar refractivity (Wildman–Crippen MR) is 80.0 cm³/mol. The topological polar surface area (TPSA) is 47.6 Å². The lowest BCUT2D eigenvalue weighted by molar-refractivity contribution is -0.141. The molecule has 4 heteroatoms. The fourth-order valence-electron chi connectivity index (χ4n) is 2.04. The maximum absolute atomic E-state index is 11.5. The molecule has 4 nitrogen and oxygen atoms in total. The van der Waals surface area contributed by atoms with Crippen molar-refractivity contribution in [1.29, 1.82) is 0 Å². The summed E-state index contributed by atoms with van der Waals surface area (Å²) in [6.07, 6.45) is 2.20. The second-order valence-corrected chi connectivity index (χ2v) is 5.01. The first kappa shape index (κ1) is 16.5. The van der Waals surface area contributed by atoms with Crippen molar-refractivity contribution in [2.45, 2.75) is 45.2 Å². The van der Waals surface area contributed by atoms with Crippen LogP contribution in [0.2, 0.25) is 0 Å². The average molecular weight is 279 g/mol. The molecule has 0 spiro atoms. The summed E-state index contributed by atoms with van der Waals surface area (Å²) in [4.78, 5) is 11.5. The van der Waals surface area contributed by atoms with E-state index in [1.165, 1.54) is 12.7 Å². The van der Waals surface area contributed by atoms with Crippen LogP contribution in [0.25, 0.3) is 0 Å². The zero-order valence-electron chi connectivity index (χ0n) is 12.8. The van der Waals surface area contributed by atoms with Crippen LogP contribution in [0.3, 0.4) is 0 Å². The highest BCUT2D eigenvalue weighted by molar-refractivity contribution is 5.70. The predicted octanol–water partition coefficient (Wildman–Crippen LogP) is 2.56. The molecule has 0 aliphatic rings. The van der Waals surface area contributed by atoms with E-state index in [0.29, 0.717) is 12.5 Å². The molecule has 112 valence electrons. The van der Waals surface area contributed by atoms with Crippen LogP contribution in [-0.4, -0.2) is 32.3 Å². The summed E-state index contributed by atoms with van der Waals surface area (Å²) in [6, 6.07) is 8.40. The van der Waals surface area contributed by atoms with Gasteiger partial charge in [-0.3, -0.25) is 4.79 Å². The molecule has 0 saturated heterocycles. The van der Waals surface area contributed by atoms with Crippen LogP contribution in [0.15, 0.2) is 24.3 Å². The van der Waals surface area contributed by atoms with Gasteiger partial charge in [-0.05, 0) is 37.5 Å². The van der Waals surface area contributed by atoms with Gasteiger partial charge in [-0.15, -0.1) is 0 Å². The smallest absolute Gasteiger partial charge is 0.307 e. The van der Waals surface area contributed by atoms with E-state index >= 15 is 0 Å². The molecule has 0 aliphatic heterocycles. The summed E-state index contributed by atoms with van der Waals surface area (Å²) in [5.74, 6) is 0.660. The minimum Gasteiger partial charge on any atom is -0.497 e. The van der Waals surface area contributed by atoms with Crippen molar-refractivity contribution in [2.75, 3.05) is 14.2 Å². The number of hydrogen-bond acceptors (Lipinski definition) is 4. The number of rotatable bonds is 8. The number of benzene rings is 1. The second kappa shape index (κ2) is 8.59. The van der Waals surface area contributed by atoms with Crippen LogP contribution in [0.4, 0.5) is 0 Å². The van der Waals surface area contributed by atoms with Crippen molar-refractivity contribution >= 4 is 5.97 Å². The van der Waals surface area contributed by atoms with Crippen molar-refractivity contribution in [2.24, 2.45) is 0 Å². The lowest BCUT2D eigenvalue weighted by Crippen LogP contribution is -2.39. The Morgan fingerprint density at radius 1 is 1.25 bits per heavy atom. The summed E-state index contributed by atoms with van der Waals surface area (Å²) in [7, 11) is 3.08. The number of hydrogen-bond donors (Lipinski definition) is 1. The zero-order chi connectivity index (χ0) is 15.0. The summed E-state index contributed by atoms with van der Waals surface area (Å²) >= 11 is 0. The van der Waals surface area contributed by atoms with Crippen LogP contribution >= 0.6 is 0 Å². The largest absolute Gasteiger partial charge is 0.497 e. The van der Waals surface area contributed by atoms with E-state index in [0.717, 1.165) is 18.6 Å². The zero-order valence-corrected chi connectivity index (χ0v) is 12.8. The number of ether oxygens (including phenoxy) is 2. The number of nitrogens with one attached hydrogen (secondary N) is 1. The van der Waals surface area contributed by atoms with Gasteiger partial charge in [0.15, 0.2) is 0 Å². The Labute approximate surface area is 121 Å². The van der Waals surface area contributed by atoms with Gasteiger partial charge in [0.2, 0.25) is 0 Å². The normalized spacial score (nSPS) is 13.6. The minimum atomic E-state index is -0.181. The average Bonchev–Trinajstić information content (AvgIpc) is 2.47. The molecule has 0 radical (unpaired) electrons. The highest BCUT2D eigenvalue weighted by Gasteiger charge is 2.16. The molecule has 0 heterocycles. The van der Waals surface area contributed by atoms with Gasteiger partial charge in [0.1, 0.15) is 5.75 Å². The highest BCUT2D eigenvalue weighted by Crippen LogP contribution is 2.14. The maximum atomic E-state index is 11.5. The van der Waals surface area contributed by atoms with Crippen LogP contribution in [-0.2, 0) is 16.0 Å². The fraction of sp³-hybridized carbons (Fsp3) is 0.562. The Morgan fingerprint density at radius 2 is 1.90 bits per heavy atom. The Bertz CT molecular complexity index is 403. The SMILES string of the molecule is CCC(C)NC(CC(=O)OC)Cc1ccc(OC)cc1. The second-order valence-electron chi connectivity index (χ2n) is 5.01. The lowest BCUT2D eigenvalue weighted by Gasteiger charge is -2.22.